The largest absolute Gasteiger partial charge is 0.506 e. The van der Waals surface area contributed by atoms with Crippen LogP contribution in [0.1, 0.15) is 65.9 Å². The first kappa shape index (κ1) is 30.8. The molecule has 2 aliphatic rings. The lowest BCUT2D eigenvalue weighted by molar-refractivity contribution is -0.112. The normalized spacial score (nSPS) is 27.7. The molecule has 0 radical (unpaired) electrons. The molecular formula is C31H43N3O6. The molecule has 1 fully saturated rings. The number of benzene rings is 1. The van der Waals surface area contributed by atoms with Crippen LogP contribution in [-0.4, -0.2) is 52.6 Å². The fourth-order valence-electron chi connectivity index (χ4n) is 5.26. The summed E-state index contributed by atoms with van der Waals surface area (Å²) in [4.78, 5) is 26.7. The zero-order chi connectivity index (χ0) is 29.6. The topological polar surface area (TPSA) is 145 Å². The highest BCUT2D eigenvalue weighted by atomic mass is 16.6. The van der Waals surface area contributed by atoms with Gasteiger partial charge >= 0.3 is 6.09 Å². The minimum absolute atomic E-state index is 0.0231. The number of phenolic OH excluding ortho intramolecular Hbond substituents is 2. The Morgan fingerprint density at radius 1 is 1.12 bits per heavy atom. The monoisotopic (exact) mass is 553 g/mol. The summed E-state index contributed by atoms with van der Waals surface area (Å²) in [5, 5.41) is 35.9. The summed E-state index contributed by atoms with van der Waals surface area (Å²) < 4.78 is 5.40. The van der Waals surface area contributed by atoms with Gasteiger partial charge in [-0.05, 0) is 52.0 Å². The molecule has 1 aromatic carbocycles. The second kappa shape index (κ2) is 13.6. The van der Waals surface area contributed by atoms with Crippen molar-refractivity contribution in [1.29, 1.82) is 0 Å². The average molecular weight is 554 g/mol. The predicted octanol–water partition coefficient (Wildman–Crippen LogP) is 5.38. The van der Waals surface area contributed by atoms with Crippen molar-refractivity contribution in [2.24, 2.45) is 17.6 Å². The number of aromatic hydroxyl groups is 2. The molecule has 0 saturated carbocycles. The molecule has 2 amide bonds. The van der Waals surface area contributed by atoms with Crippen LogP contribution < -0.4 is 16.0 Å². The number of nitrogens with zero attached hydrogens (tertiary/aromatic N) is 1. The van der Waals surface area contributed by atoms with E-state index < -0.39 is 24.2 Å². The fourth-order valence-corrected chi connectivity index (χ4v) is 5.26. The fraction of sp³-hybridized carbons (Fsp3) is 0.484. The van der Waals surface area contributed by atoms with E-state index in [9.17, 15) is 24.9 Å². The number of hydrogen-bond donors (Lipinski definition) is 5. The molecule has 9 nitrogen and oxygen atoms in total. The molecule has 2 bridgehead atoms. The third-order valence-electron chi connectivity index (χ3n) is 7.61. The lowest BCUT2D eigenvalue weighted by Gasteiger charge is -2.24. The Morgan fingerprint density at radius 2 is 1.80 bits per heavy atom. The lowest BCUT2D eigenvalue weighted by Crippen LogP contribution is -2.29. The number of phenols is 2. The van der Waals surface area contributed by atoms with Crippen molar-refractivity contribution in [2.45, 2.75) is 72.5 Å². The van der Waals surface area contributed by atoms with Crippen LogP contribution in [0.25, 0.3) is 6.08 Å². The number of carbonyl (C=O) groups excluding carboxylic acids is 2. The Morgan fingerprint density at radius 3 is 2.45 bits per heavy atom. The maximum Gasteiger partial charge on any atom is 0.405 e. The molecule has 0 aliphatic carbocycles. The summed E-state index contributed by atoms with van der Waals surface area (Å²) in [7, 11) is 0. The molecule has 9 heteroatoms. The van der Waals surface area contributed by atoms with Crippen LogP contribution in [0.15, 0.2) is 47.1 Å². The van der Waals surface area contributed by atoms with Crippen LogP contribution in [0.5, 0.6) is 11.5 Å². The standard InChI is InChI=1S/C31H43N3O6/c1-18-11-12-25(35)21(4)16-22(5)29(40-31(32)39)19(2)9-8-10-20(3)30(38)33-24-17-26(36)27(23(15-18)28(24)37)34-13-6-7-14-34/h8-10,15-17,19,21,25,29,35-37H,6-7,11-14H2,1-5H3,(H2,32,39)(H,33,38)/b9-8?,18-15-,20-10+,22-16?. The lowest BCUT2D eigenvalue weighted by atomic mass is 9.91. The number of ether oxygens (including phenoxy) is 1. The molecular weight excluding hydrogens is 510 g/mol. The number of nitrogens with two attached hydrogens (primary N) is 1. The molecule has 1 saturated heterocycles. The zero-order valence-electron chi connectivity index (χ0n) is 24.1. The number of anilines is 2. The number of rotatable bonds is 2. The number of allylic oxidation sites excluding steroid dienone is 3. The minimum Gasteiger partial charge on any atom is -0.506 e. The van der Waals surface area contributed by atoms with Crippen LogP contribution in [0.2, 0.25) is 0 Å². The number of primary amides is 1. The Labute approximate surface area is 236 Å². The second-order valence-electron chi connectivity index (χ2n) is 11.0. The summed E-state index contributed by atoms with van der Waals surface area (Å²) in [6.07, 6.45) is 9.58. The first-order chi connectivity index (χ1) is 18.9. The van der Waals surface area contributed by atoms with Gasteiger partial charge in [-0.2, -0.15) is 0 Å². The summed E-state index contributed by atoms with van der Waals surface area (Å²) in [6, 6.07) is 1.38. The van der Waals surface area contributed by atoms with Crippen LogP contribution in [-0.2, 0) is 9.53 Å². The van der Waals surface area contributed by atoms with Gasteiger partial charge in [-0.15, -0.1) is 0 Å². The highest BCUT2D eigenvalue weighted by Crippen LogP contribution is 2.45. The zero-order valence-corrected chi connectivity index (χ0v) is 24.1. The number of nitrogens with one attached hydrogen (secondary N) is 1. The van der Waals surface area contributed by atoms with Gasteiger partial charge in [0.25, 0.3) is 5.91 Å². The van der Waals surface area contributed by atoms with E-state index in [1.165, 1.54) is 6.07 Å². The quantitative estimate of drug-likeness (QED) is 0.188. The summed E-state index contributed by atoms with van der Waals surface area (Å²) >= 11 is 0. The third-order valence-corrected chi connectivity index (χ3v) is 7.61. The first-order valence-electron chi connectivity index (χ1n) is 13.9. The predicted molar refractivity (Wildman–Crippen MR) is 158 cm³/mol. The van der Waals surface area contributed by atoms with E-state index in [0.29, 0.717) is 29.7 Å². The van der Waals surface area contributed by atoms with E-state index in [1.54, 1.807) is 25.2 Å². The van der Waals surface area contributed by atoms with Gasteiger partial charge < -0.3 is 36.0 Å². The SMILES string of the molecule is CC1=CC(C)C(O)CC/C(C)=C\c2c(O)c(cc(O)c2N2CCCC2)NC(=O)/C(C)=C/C=CC(C)C1OC(N)=O. The summed E-state index contributed by atoms with van der Waals surface area (Å²) in [5.41, 5.74) is 8.45. The smallest absolute Gasteiger partial charge is 0.405 e. The van der Waals surface area contributed by atoms with E-state index >= 15 is 0 Å². The van der Waals surface area contributed by atoms with Crippen molar-refractivity contribution in [1.82, 2.24) is 0 Å². The van der Waals surface area contributed by atoms with Crippen LogP contribution >= 0.6 is 0 Å². The second-order valence-corrected chi connectivity index (χ2v) is 11.0. The van der Waals surface area contributed by atoms with Crippen molar-refractivity contribution in [3.63, 3.8) is 0 Å². The first-order valence-corrected chi connectivity index (χ1v) is 13.9. The van der Waals surface area contributed by atoms with Gasteiger partial charge in [0.05, 0.1) is 17.5 Å². The van der Waals surface area contributed by atoms with Crippen molar-refractivity contribution in [3.05, 3.63) is 52.7 Å². The maximum atomic E-state index is 13.0. The Kier molecular flexibility index (Phi) is 10.5. The van der Waals surface area contributed by atoms with E-state index in [2.05, 4.69) is 5.32 Å². The van der Waals surface area contributed by atoms with Crippen LogP contribution in [0, 0.1) is 11.8 Å². The van der Waals surface area contributed by atoms with Crippen LogP contribution in [0.3, 0.4) is 0 Å². The van der Waals surface area contributed by atoms with E-state index in [1.807, 2.05) is 44.7 Å². The van der Waals surface area contributed by atoms with Gasteiger partial charge in [0.1, 0.15) is 17.6 Å². The molecule has 0 spiro atoms. The van der Waals surface area contributed by atoms with E-state index in [4.69, 9.17) is 10.5 Å². The number of carbonyl (C=O) groups is 2. The van der Waals surface area contributed by atoms with Gasteiger partial charge in [-0.3, -0.25) is 4.79 Å². The molecule has 40 heavy (non-hydrogen) atoms. The summed E-state index contributed by atoms with van der Waals surface area (Å²) in [5.74, 6) is -1.08. The van der Waals surface area contributed by atoms with Crippen LogP contribution in [0.4, 0.5) is 16.2 Å². The molecule has 3 rings (SSSR count). The van der Waals surface area contributed by atoms with Crippen molar-refractivity contribution in [2.75, 3.05) is 23.3 Å². The highest BCUT2D eigenvalue weighted by molar-refractivity contribution is 6.05. The number of aliphatic hydroxyl groups is 1. The van der Waals surface area contributed by atoms with Gasteiger partial charge in [0, 0.05) is 42.1 Å². The van der Waals surface area contributed by atoms with Crippen molar-refractivity contribution < 1.29 is 29.6 Å². The average Bonchev–Trinajstić information content (AvgIpc) is 3.42. The Bertz CT molecular complexity index is 1230. The van der Waals surface area contributed by atoms with Gasteiger partial charge in [0.2, 0.25) is 0 Å². The molecule has 2 aliphatic heterocycles. The Hall–Kier alpha value is -3.72. The molecule has 1 aromatic rings. The van der Waals surface area contributed by atoms with Crippen molar-refractivity contribution >= 4 is 29.5 Å². The molecule has 2 heterocycles. The van der Waals surface area contributed by atoms with Gasteiger partial charge in [-0.25, -0.2) is 4.79 Å². The number of aliphatic hydroxyl groups excluding tert-OH is 1. The van der Waals surface area contributed by atoms with E-state index in [-0.39, 0.29) is 29.0 Å². The highest BCUT2D eigenvalue weighted by Gasteiger charge is 2.25. The number of fused-ring (bicyclic) bond motifs is 2. The Balaban J connectivity index is 2.08. The number of hydrogen-bond acceptors (Lipinski definition) is 7. The molecule has 218 valence electrons. The van der Waals surface area contributed by atoms with Gasteiger partial charge in [0.15, 0.2) is 0 Å². The molecule has 6 N–H and O–H groups in total. The molecule has 0 aromatic heterocycles. The van der Waals surface area contributed by atoms with E-state index in [0.717, 1.165) is 37.1 Å². The molecule has 4 atom stereocenters. The van der Waals surface area contributed by atoms with Gasteiger partial charge in [-0.1, -0.05) is 49.8 Å². The minimum atomic E-state index is -0.894. The third kappa shape index (κ3) is 7.69. The number of amides is 2. The van der Waals surface area contributed by atoms with Crippen molar-refractivity contribution in [3.8, 4) is 11.5 Å². The molecule has 4 unspecified atom stereocenters. The summed E-state index contributed by atoms with van der Waals surface area (Å²) in [6.45, 7) is 10.7. The maximum absolute atomic E-state index is 13.0.